The molecule has 0 aliphatic carbocycles. The molecule has 1 aliphatic heterocycles. The fourth-order valence-corrected chi connectivity index (χ4v) is 3.74. The molecule has 1 aromatic rings. The number of fused-ring (bicyclic) bond motifs is 1. The van der Waals surface area contributed by atoms with Gasteiger partial charge in [0.15, 0.2) is 0 Å². The molecule has 4 amide bonds. The number of nitrogens with one attached hydrogen (secondary N) is 5. The summed E-state index contributed by atoms with van der Waals surface area (Å²) in [6.45, 7) is 2.38. The molecule has 0 bridgehead atoms. The Morgan fingerprint density at radius 1 is 1.19 bits per heavy atom. The van der Waals surface area contributed by atoms with Gasteiger partial charge in [0.05, 0.1) is 13.2 Å². The van der Waals surface area contributed by atoms with Crippen LogP contribution in [-0.2, 0) is 30.5 Å². The smallest absolute Gasteiger partial charge is 0.255 e. The van der Waals surface area contributed by atoms with Crippen molar-refractivity contribution in [2.24, 2.45) is 5.73 Å². The normalized spacial score (nSPS) is 13.5. The zero-order valence-electron chi connectivity index (χ0n) is 20.9. The van der Waals surface area contributed by atoms with Crippen molar-refractivity contribution in [2.45, 2.75) is 25.4 Å². The molecule has 0 saturated heterocycles. The topological polar surface area (TPSA) is 184 Å². The molecule has 0 fully saturated rings. The van der Waals surface area contributed by atoms with Crippen LogP contribution >= 0.6 is 0 Å². The summed E-state index contributed by atoms with van der Waals surface area (Å²) in [6.07, 6.45) is 3.28. The van der Waals surface area contributed by atoms with E-state index >= 15 is 0 Å². The first-order chi connectivity index (χ1) is 17.9. The maximum absolute atomic E-state index is 13.0. The summed E-state index contributed by atoms with van der Waals surface area (Å²) in [4.78, 5) is 60.1. The third kappa shape index (κ3) is 9.20. The van der Waals surface area contributed by atoms with Crippen LogP contribution in [0.4, 0.5) is 5.69 Å². The fourth-order valence-electron chi connectivity index (χ4n) is 3.74. The summed E-state index contributed by atoms with van der Waals surface area (Å²) in [6, 6.07) is 4.23. The van der Waals surface area contributed by atoms with Crippen LogP contribution in [0.5, 0.6) is 0 Å². The molecule has 13 heteroatoms. The number of ether oxygens (including phenoxy) is 1. The van der Waals surface area contributed by atoms with Crippen LogP contribution in [-0.4, -0.2) is 87.8 Å². The molecule has 0 saturated carbocycles. The van der Waals surface area contributed by atoms with Gasteiger partial charge in [0, 0.05) is 68.4 Å². The summed E-state index contributed by atoms with van der Waals surface area (Å²) >= 11 is 0. The largest absolute Gasteiger partial charge is 0.399 e. The number of hydrogen-bond donors (Lipinski definition) is 6. The van der Waals surface area contributed by atoms with Gasteiger partial charge >= 0.3 is 0 Å². The number of amides is 4. The lowest BCUT2D eigenvalue weighted by Gasteiger charge is -2.25. The van der Waals surface area contributed by atoms with Gasteiger partial charge in [-0.25, -0.2) is 0 Å². The fraction of sp³-hybridized carbons (Fsp3) is 0.458. The molecule has 1 atom stereocenters. The minimum absolute atomic E-state index is 0.148. The minimum Gasteiger partial charge on any atom is -0.399 e. The Kier molecular flexibility index (Phi) is 12.6. The molecule has 202 valence electrons. The number of nitrogens with zero attached hydrogens (tertiary/aromatic N) is 1. The summed E-state index contributed by atoms with van der Waals surface area (Å²) in [5.41, 5.74) is 7.68. The molecule has 2 rings (SSSR count). The highest BCUT2D eigenvalue weighted by atomic mass is 16.5. The first kappa shape index (κ1) is 29.3. The SMILES string of the molecule is CNC(=O)C(CCC=O)N1Cc2c(NC(=O)COCCNCCN/C=C(\N)CNC=O)cccc2C1=O. The number of carbonyl (C=O) groups excluding carboxylic acids is 5. The van der Waals surface area contributed by atoms with E-state index in [-0.39, 0.29) is 50.3 Å². The average molecular weight is 518 g/mol. The summed E-state index contributed by atoms with van der Waals surface area (Å²) in [7, 11) is 1.48. The summed E-state index contributed by atoms with van der Waals surface area (Å²) in [5, 5.41) is 13.9. The van der Waals surface area contributed by atoms with Gasteiger partial charge in [-0.05, 0) is 18.6 Å². The molecule has 1 heterocycles. The van der Waals surface area contributed by atoms with Crippen LogP contribution in [0.2, 0.25) is 0 Å². The molecule has 1 unspecified atom stereocenters. The minimum atomic E-state index is -0.780. The number of benzene rings is 1. The van der Waals surface area contributed by atoms with Crippen LogP contribution in [0.15, 0.2) is 30.1 Å². The molecule has 1 aliphatic rings. The Balaban J connectivity index is 1.77. The molecule has 0 radical (unpaired) electrons. The number of nitrogens with two attached hydrogens (primary N) is 1. The number of rotatable bonds is 18. The molecule has 0 aromatic heterocycles. The third-order valence-corrected chi connectivity index (χ3v) is 5.53. The predicted octanol–water partition coefficient (Wildman–Crippen LogP) is -1.58. The van der Waals surface area contributed by atoms with E-state index in [1.807, 2.05) is 0 Å². The predicted molar refractivity (Wildman–Crippen MR) is 136 cm³/mol. The number of anilines is 1. The second-order valence-corrected chi connectivity index (χ2v) is 8.16. The molecule has 7 N–H and O–H groups in total. The van der Waals surface area contributed by atoms with Crippen LogP contribution < -0.4 is 32.3 Å². The average Bonchev–Trinajstić information content (AvgIpc) is 3.23. The van der Waals surface area contributed by atoms with E-state index in [4.69, 9.17) is 10.5 Å². The summed E-state index contributed by atoms with van der Waals surface area (Å²) in [5.74, 6) is -1.04. The maximum atomic E-state index is 13.0. The Hall–Kier alpha value is -3.97. The van der Waals surface area contributed by atoms with Gasteiger partial charge in [0.25, 0.3) is 5.91 Å². The summed E-state index contributed by atoms with van der Waals surface area (Å²) < 4.78 is 5.42. The standard InChI is InChI=1S/C24H35N7O6/c1-26-23(35)21(6-3-10-32)31-14-19-18(24(31)36)4-2-5-20(19)30-22(34)15-37-11-9-27-7-8-28-12-17(25)13-29-16-33/h2,4-5,10,12,16,21,27-28H,3,6-9,11,13-15,25H2,1H3,(H,26,35)(H,29,33)(H,30,34)/b17-12-. The Labute approximate surface area is 215 Å². The van der Waals surface area contributed by atoms with Gasteiger partial charge < -0.3 is 46.7 Å². The number of likely N-dealkylation sites (N-methyl/N-ethyl adjacent to an activating group) is 1. The van der Waals surface area contributed by atoms with Crippen LogP contribution in [0.3, 0.4) is 0 Å². The lowest BCUT2D eigenvalue weighted by molar-refractivity contribution is -0.125. The lowest BCUT2D eigenvalue weighted by atomic mass is 10.1. The highest BCUT2D eigenvalue weighted by molar-refractivity contribution is 6.04. The third-order valence-electron chi connectivity index (χ3n) is 5.53. The van der Waals surface area contributed by atoms with Crippen molar-refractivity contribution >= 4 is 36.1 Å². The molecule has 1 aromatic carbocycles. The van der Waals surface area contributed by atoms with E-state index in [1.165, 1.54) is 11.9 Å². The highest BCUT2D eigenvalue weighted by Gasteiger charge is 2.37. The van der Waals surface area contributed by atoms with E-state index in [2.05, 4.69) is 26.6 Å². The first-order valence-electron chi connectivity index (χ1n) is 11.9. The molecular formula is C24H35N7O6. The van der Waals surface area contributed by atoms with Crippen molar-refractivity contribution < 1.29 is 28.7 Å². The van der Waals surface area contributed by atoms with E-state index < -0.39 is 6.04 Å². The van der Waals surface area contributed by atoms with Gasteiger partial charge in [-0.15, -0.1) is 0 Å². The van der Waals surface area contributed by atoms with Crippen LogP contribution in [0, 0.1) is 0 Å². The number of carbonyl (C=O) groups is 5. The van der Waals surface area contributed by atoms with E-state index in [1.54, 1.807) is 24.4 Å². The first-order valence-corrected chi connectivity index (χ1v) is 11.9. The van der Waals surface area contributed by atoms with Gasteiger partial charge in [0.1, 0.15) is 18.9 Å². The van der Waals surface area contributed by atoms with Gasteiger partial charge in [-0.3, -0.25) is 19.2 Å². The van der Waals surface area contributed by atoms with E-state index in [0.29, 0.717) is 61.4 Å². The van der Waals surface area contributed by atoms with E-state index in [9.17, 15) is 24.0 Å². The monoisotopic (exact) mass is 517 g/mol. The Morgan fingerprint density at radius 2 is 2.00 bits per heavy atom. The maximum Gasteiger partial charge on any atom is 0.255 e. The van der Waals surface area contributed by atoms with Crippen molar-refractivity contribution in [3.63, 3.8) is 0 Å². The Morgan fingerprint density at radius 3 is 2.73 bits per heavy atom. The van der Waals surface area contributed by atoms with Gasteiger partial charge in [-0.2, -0.15) is 0 Å². The van der Waals surface area contributed by atoms with Crippen LogP contribution in [0.1, 0.15) is 28.8 Å². The molecule has 0 spiro atoms. The zero-order valence-corrected chi connectivity index (χ0v) is 20.9. The Bertz CT molecular complexity index is 984. The molecular weight excluding hydrogens is 482 g/mol. The van der Waals surface area contributed by atoms with Gasteiger partial charge in [-0.1, -0.05) is 6.07 Å². The van der Waals surface area contributed by atoms with Gasteiger partial charge in [0.2, 0.25) is 18.2 Å². The molecule has 37 heavy (non-hydrogen) atoms. The van der Waals surface area contributed by atoms with Crippen molar-refractivity contribution in [1.29, 1.82) is 0 Å². The number of aldehydes is 1. The van der Waals surface area contributed by atoms with E-state index in [0.717, 1.165) is 0 Å². The molecule has 13 nitrogen and oxygen atoms in total. The van der Waals surface area contributed by atoms with Crippen molar-refractivity contribution in [3.05, 3.63) is 41.2 Å². The zero-order chi connectivity index (χ0) is 27.0. The quantitative estimate of drug-likeness (QED) is 0.0987. The second-order valence-electron chi connectivity index (χ2n) is 8.16. The van der Waals surface area contributed by atoms with Crippen LogP contribution in [0.25, 0.3) is 0 Å². The lowest BCUT2D eigenvalue weighted by Crippen LogP contribution is -2.46. The van der Waals surface area contributed by atoms with Crippen molar-refractivity contribution in [1.82, 2.24) is 26.2 Å². The van der Waals surface area contributed by atoms with Crippen molar-refractivity contribution in [3.8, 4) is 0 Å². The second kappa shape index (κ2) is 15.9. The highest BCUT2D eigenvalue weighted by Crippen LogP contribution is 2.31. The number of hydrogen-bond acceptors (Lipinski definition) is 9. The van der Waals surface area contributed by atoms with Crippen molar-refractivity contribution in [2.75, 3.05) is 51.8 Å².